The minimum Gasteiger partial charge on any atom is -0.497 e. The van der Waals surface area contributed by atoms with Gasteiger partial charge in [0.2, 0.25) is 0 Å². The molecule has 0 bridgehead atoms. The van der Waals surface area contributed by atoms with Crippen LogP contribution in [0.1, 0.15) is 43.2 Å². The van der Waals surface area contributed by atoms with E-state index in [1.54, 1.807) is 14.2 Å². The molecular formula is C31H42N4O4. The van der Waals surface area contributed by atoms with Crippen molar-refractivity contribution in [3.05, 3.63) is 70.9 Å². The standard InChI is InChI=1S/C31H42N4O4/c1-21-22(2)34-29(27(32)28(21)33-18-31(5)19-38-30(3,4)39-20-31)35(16-23-8-12-25(36-6)13-9-23)17-24-10-14-26(37-7)15-11-24/h8-15H,16-20,32H2,1-7H3,(H,33,34). The number of hydrogen-bond donors (Lipinski definition) is 2. The van der Waals surface area contributed by atoms with Crippen LogP contribution in [0.2, 0.25) is 0 Å². The number of aryl methyl sites for hydroxylation is 1. The van der Waals surface area contributed by atoms with Crippen LogP contribution >= 0.6 is 0 Å². The molecule has 1 fully saturated rings. The molecule has 1 aromatic heterocycles. The summed E-state index contributed by atoms with van der Waals surface area (Å²) in [6.07, 6.45) is 0. The molecule has 0 radical (unpaired) electrons. The predicted octanol–water partition coefficient (Wildman–Crippen LogP) is 5.71. The number of rotatable bonds is 10. The summed E-state index contributed by atoms with van der Waals surface area (Å²) in [6.45, 7) is 13.3. The van der Waals surface area contributed by atoms with Gasteiger partial charge in [0.05, 0.1) is 38.8 Å². The number of aromatic nitrogens is 1. The van der Waals surface area contributed by atoms with Crippen LogP contribution in [-0.2, 0) is 22.6 Å². The van der Waals surface area contributed by atoms with E-state index in [1.807, 2.05) is 45.0 Å². The average Bonchev–Trinajstić information content (AvgIpc) is 2.93. The summed E-state index contributed by atoms with van der Waals surface area (Å²) in [6, 6.07) is 16.2. The Kier molecular flexibility index (Phi) is 8.57. The Morgan fingerprint density at radius 2 is 1.36 bits per heavy atom. The molecule has 0 spiro atoms. The highest BCUT2D eigenvalue weighted by molar-refractivity contribution is 5.81. The molecule has 0 unspecified atom stereocenters. The molecule has 210 valence electrons. The van der Waals surface area contributed by atoms with Crippen molar-refractivity contribution in [2.45, 2.75) is 53.5 Å². The molecule has 2 heterocycles. The maximum Gasteiger partial charge on any atom is 0.162 e. The van der Waals surface area contributed by atoms with Crippen LogP contribution in [0.4, 0.5) is 17.2 Å². The summed E-state index contributed by atoms with van der Waals surface area (Å²) in [5, 5.41) is 3.63. The van der Waals surface area contributed by atoms with Gasteiger partial charge >= 0.3 is 0 Å². The fourth-order valence-corrected chi connectivity index (χ4v) is 4.56. The first-order valence-electron chi connectivity index (χ1n) is 13.3. The van der Waals surface area contributed by atoms with Crippen molar-refractivity contribution < 1.29 is 18.9 Å². The smallest absolute Gasteiger partial charge is 0.162 e. The first kappa shape index (κ1) is 28.5. The minimum atomic E-state index is -0.557. The monoisotopic (exact) mass is 534 g/mol. The van der Waals surface area contributed by atoms with Gasteiger partial charge in [-0.15, -0.1) is 0 Å². The first-order chi connectivity index (χ1) is 18.5. The molecule has 3 aromatic rings. The molecule has 0 amide bonds. The number of nitrogens with zero attached hydrogens (tertiary/aromatic N) is 2. The van der Waals surface area contributed by atoms with E-state index in [9.17, 15) is 0 Å². The number of hydrogen-bond acceptors (Lipinski definition) is 8. The van der Waals surface area contributed by atoms with Gasteiger partial charge in [-0.2, -0.15) is 0 Å². The highest BCUT2D eigenvalue weighted by Gasteiger charge is 2.36. The number of methoxy groups -OCH3 is 2. The van der Waals surface area contributed by atoms with Crippen molar-refractivity contribution in [2.24, 2.45) is 5.41 Å². The number of pyridine rings is 1. The summed E-state index contributed by atoms with van der Waals surface area (Å²) in [5.74, 6) is 1.83. The molecule has 2 aromatic carbocycles. The zero-order valence-corrected chi connectivity index (χ0v) is 24.3. The second-order valence-electron chi connectivity index (χ2n) is 11.1. The van der Waals surface area contributed by atoms with E-state index in [4.69, 9.17) is 29.7 Å². The van der Waals surface area contributed by atoms with E-state index in [1.165, 1.54) is 0 Å². The molecule has 0 atom stereocenters. The van der Waals surface area contributed by atoms with Gasteiger partial charge < -0.3 is 34.9 Å². The maximum absolute atomic E-state index is 6.89. The van der Waals surface area contributed by atoms with Crippen molar-refractivity contribution >= 4 is 17.2 Å². The molecule has 1 saturated heterocycles. The van der Waals surface area contributed by atoms with Crippen molar-refractivity contribution in [3.8, 4) is 11.5 Å². The van der Waals surface area contributed by atoms with Gasteiger partial charge in [0.1, 0.15) is 11.5 Å². The van der Waals surface area contributed by atoms with Gasteiger partial charge in [0, 0.05) is 30.7 Å². The minimum absolute atomic E-state index is 0.183. The Morgan fingerprint density at radius 1 is 0.872 bits per heavy atom. The van der Waals surface area contributed by atoms with Crippen LogP contribution in [0.15, 0.2) is 48.5 Å². The Balaban J connectivity index is 1.65. The van der Waals surface area contributed by atoms with E-state index in [-0.39, 0.29) is 5.41 Å². The Bertz CT molecular complexity index is 1200. The van der Waals surface area contributed by atoms with E-state index in [2.05, 4.69) is 48.3 Å². The van der Waals surface area contributed by atoms with E-state index < -0.39 is 5.79 Å². The zero-order chi connectivity index (χ0) is 28.2. The van der Waals surface area contributed by atoms with Crippen LogP contribution < -0.4 is 25.4 Å². The third-order valence-electron chi connectivity index (χ3n) is 7.29. The zero-order valence-electron chi connectivity index (χ0n) is 24.3. The summed E-state index contributed by atoms with van der Waals surface area (Å²) in [5.41, 5.74) is 12.5. The number of nitrogens with one attached hydrogen (secondary N) is 1. The Labute approximate surface area is 232 Å². The molecule has 39 heavy (non-hydrogen) atoms. The highest BCUT2D eigenvalue weighted by Crippen LogP contribution is 2.37. The molecule has 0 aliphatic carbocycles. The lowest BCUT2D eigenvalue weighted by atomic mass is 9.91. The summed E-state index contributed by atoms with van der Waals surface area (Å²) >= 11 is 0. The van der Waals surface area contributed by atoms with Gasteiger partial charge in [-0.25, -0.2) is 4.98 Å². The number of anilines is 3. The maximum atomic E-state index is 6.89. The molecule has 8 nitrogen and oxygen atoms in total. The third kappa shape index (κ3) is 6.94. The fraction of sp³-hybridized carbons (Fsp3) is 0.452. The second kappa shape index (κ2) is 11.7. The lowest BCUT2D eigenvalue weighted by Crippen LogP contribution is -2.48. The van der Waals surface area contributed by atoms with Crippen molar-refractivity contribution in [1.29, 1.82) is 0 Å². The summed E-state index contributed by atoms with van der Waals surface area (Å²) in [4.78, 5) is 7.20. The molecule has 4 rings (SSSR count). The average molecular weight is 535 g/mol. The topological polar surface area (TPSA) is 91.1 Å². The van der Waals surface area contributed by atoms with Crippen LogP contribution in [0.5, 0.6) is 11.5 Å². The van der Waals surface area contributed by atoms with Crippen LogP contribution in [0, 0.1) is 19.3 Å². The van der Waals surface area contributed by atoms with Crippen molar-refractivity contribution in [2.75, 3.05) is 49.9 Å². The van der Waals surface area contributed by atoms with Crippen LogP contribution in [-0.4, -0.2) is 44.7 Å². The van der Waals surface area contributed by atoms with Crippen LogP contribution in [0.3, 0.4) is 0 Å². The SMILES string of the molecule is COc1ccc(CN(Cc2ccc(OC)cc2)c2nc(C)c(C)c(NCC3(C)COC(C)(C)OC3)c2N)cc1. The number of nitrogens with two attached hydrogens (primary N) is 1. The predicted molar refractivity (Wildman–Crippen MR) is 157 cm³/mol. The first-order valence-corrected chi connectivity index (χ1v) is 13.3. The van der Waals surface area contributed by atoms with E-state index in [0.29, 0.717) is 38.5 Å². The van der Waals surface area contributed by atoms with Gasteiger partial charge in [0.25, 0.3) is 0 Å². The number of nitrogen functional groups attached to an aromatic ring is 1. The molecular weight excluding hydrogens is 492 g/mol. The normalized spacial score (nSPS) is 16.0. The van der Waals surface area contributed by atoms with E-state index >= 15 is 0 Å². The Hall–Kier alpha value is -3.49. The van der Waals surface area contributed by atoms with Gasteiger partial charge in [-0.05, 0) is 68.7 Å². The molecule has 1 aliphatic rings. The number of ether oxygens (including phenoxy) is 4. The molecule has 1 aliphatic heterocycles. The quantitative estimate of drug-likeness (QED) is 0.342. The molecule has 3 N–H and O–H groups in total. The summed E-state index contributed by atoms with van der Waals surface area (Å²) in [7, 11) is 3.35. The van der Waals surface area contributed by atoms with Crippen molar-refractivity contribution in [3.63, 3.8) is 0 Å². The van der Waals surface area contributed by atoms with Crippen molar-refractivity contribution in [1.82, 2.24) is 4.98 Å². The molecule has 8 heteroatoms. The largest absolute Gasteiger partial charge is 0.497 e. The lowest BCUT2D eigenvalue weighted by molar-refractivity contribution is -0.279. The van der Waals surface area contributed by atoms with Gasteiger partial charge in [0.15, 0.2) is 11.6 Å². The summed E-state index contributed by atoms with van der Waals surface area (Å²) < 4.78 is 22.6. The van der Waals surface area contributed by atoms with Gasteiger partial charge in [-0.3, -0.25) is 0 Å². The highest BCUT2D eigenvalue weighted by atomic mass is 16.7. The van der Waals surface area contributed by atoms with Gasteiger partial charge in [-0.1, -0.05) is 31.2 Å². The Morgan fingerprint density at radius 3 is 1.82 bits per heavy atom. The lowest BCUT2D eigenvalue weighted by Gasteiger charge is -2.41. The second-order valence-corrected chi connectivity index (χ2v) is 11.1. The van der Waals surface area contributed by atoms with E-state index in [0.717, 1.165) is 45.4 Å². The van der Waals surface area contributed by atoms with Crippen LogP contribution in [0.25, 0.3) is 0 Å². The fourth-order valence-electron chi connectivity index (χ4n) is 4.56. The molecule has 0 saturated carbocycles. The number of benzene rings is 2. The third-order valence-corrected chi connectivity index (χ3v) is 7.29.